The predicted molar refractivity (Wildman–Crippen MR) is 53.5 cm³/mol. The van der Waals surface area contributed by atoms with Crippen LogP contribution in [0.3, 0.4) is 0 Å². The Kier molecular flexibility index (Phi) is 2.17. The fourth-order valence-corrected chi connectivity index (χ4v) is 2.03. The Bertz CT molecular complexity index is 458. The van der Waals surface area contributed by atoms with E-state index < -0.39 is 0 Å². The molecule has 0 atom stereocenters. The first kappa shape index (κ1) is 9.08. The topological polar surface area (TPSA) is 47.8 Å². The van der Waals surface area contributed by atoms with Gasteiger partial charge >= 0.3 is 0 Å². The summed E-state index contributed by atoms with van der Waals surface area (Å²) < 4.78 is 1.29. The number of nitrogens with zero attached hydrogens (tertiary/aromatic N) is 3. The molecule has 0 N–H and O–H groups in total. The molecule has 2 heterocycles. The van der Waals surface area contributed by atoms with Crippen molar-refractivity contribution in [1.82, 2.24) is 14.8 Å². The van der Waals surface area contributed by atoms with Crippen molar-refractivity contribution >= 4 is 17.2 Å². The average Bonchev–Trinajstić information content (AvgIpc) is 2.73. The van der Waals surface area contributed by atoms with Gasteiger partial charge in [-0.1, -0.05) is 0 Å². The van der Waals surface area contributed by atoms with Gasteiger partial charge in [-0.05, 0) is 19.9 Å². The third kappa shape index (κ3) is 1.46. The van der Waals surface area contributed by atoms with Gasteiger partial charge in [0.25, 0.3) is 5.91 Å². The van der Waals surface area contributed by atoms with E-state index in [0.717, 1.165) is 9.88 Å². The SMILES string of the molecule is Cc1nc(C(=O)n2cccn2)c(C)s1. The molecule has 0 unspecified atom stereocenters. The van der Waals surface area contributed by atoms with Crippen LogP contribution in [0.4, 0.5) is 0 Å². The van der Waals surface area contributed by atoms with Gasteiger partial charge in [0.2, 0.25) is 0 Å². The molecule has 2 aromatic heterocycles. The van der Waals surface area contributed by atoms with E-state index in [1.807, 2.05) is 13.8 Å². The Balaban J connectivity index is 2.41. The average molecular weight is 207 g/mol. The largest absolute Gasteiger partial charge is 0.297 e. The minimum Gasteiger partial charge on any atom is -0.265 e. The lowest BCUT2D eigenvalue weighted by atomic mass is 10.3. The highest BCUT2D eigenvalue weighted by Gasteiger charge is 2.15. The summed E-state index contributed by atoms with van der Waals surface area (Å²) >= 11 is 1.52. The predicted octanol–water partition coefficient (Wildman–Crippen LogP) is 1.64. The molecule has 72 valence electrons. The monoisotopic (exact) mass is 207 g/mol. The number of carbonyl (C=O) groups is 1. The first-order valence-corrected chi connectivity index (χ1v) is 4.98. The maximum Gasteiger partial charge on any atom is 0.297 e. The van der Waals surface area contributed by atoms with Crippen LogP contribution in [0.5, 0.6) is 0 Å². The van der Waals surface area contributed by atoms with Crippen molar-refractivity contribution in [3.8, 4) is 0 Å². The molecule has 0 radical (unpaired) electrons. The molecular formula is C9H9N3OS. The van der Waals surface area contributed by atoms with Gasteiger partial charge in [-0.25, -0.2) is 9.67 Å². The second kappa shape index (κ2) is 3.34. The van der Waals surface area contributed by atoms with Crippen LogP contribution in [0.25, 0.3) is 0 Å². The number of carbonyl (C=O) groups excluding carboxylic acids is 1. The molecule has 0 aliphatic carbocycles. The number of hydrogen-bond acceptors (Lipinski definition) is 4. The number of aryl methyl sites for hydroxylation is 2. The van der Waals surface area contributed by atoms with Gasteiger partial charge < -0.3 is 0 Å². The molecule has 0 aromatic carbocycles. The zero-order valence-corrected chi connectivity index (χ0v) is 8.71. The van der Waals surface area contributed by atoms with Crippen molar-refractivity contribution in [3.05, 3.63) is 34.0 Å². The number of thiazole rings is 1. The molecule has 0 amide bonds. The van der Waals surface area contributed by atoms with Crippen molar-refractivity contribution in [2.75, 3.05) is 0 Å². The minimum atomic E-state index is -0.170. The molecule has 5 heteroatoms. The van der Waals surface area contributed by atoms with E-state index in [-0.39, 0.29) is 5.91 Å². The van der Waals surface area contributed by atoms with Gasteiger partial charge in [0.05, 0.1) is 5.01 Å². The highest BCUT2D eigenvalue weighted by Crippen LogP contribution is 2.16. The van der Waals surface area contributed by atoms with Crippen LogP contribution >= 0.6 is 11.3 Å². The van der Waals surface area contributed by atoms with Gasteiger partial charge in [-0.2, -0.15) is 5.10 Å². The fraction of sp³-hybridized carbons (Fsp3) is 0.222. The summed E-state index contributed by atoms with van der Waals surface area (Å²) in [6, 6.07) is 1.71. The van der Waals surface area contributed by atoms with Crippen molar-refractivity contribution < 1.29 is 4.79 Å². The second-order valence-electron chi connectivity index (χ2n) is 2.89. The Morgan fingerprint density at radius 1 is 1.50 bits per heavy atom. The molecule has 0 aliphatic rings. The molecule has 0 saturated carbocycles. The lowest BCUT2D eigenvalue weighted by Crippen LogP contribution is -2.13. The number of rotatable bonds is 1. The first-order valence-electron chi connectivity index (χ1n) is 4.17. The molecule has 4 nitrogen and oxygen atoms in total. The third-order valence-electron chi connectivity index (χ3n) is 1.82. The molecular weight excluding hydrogens is 198 g/mol. The maximum absolute atomic E-state index is 11.8. The highest BCUT2D eigenvalue weighted by atomic mass is 32.1. The second-order valence-corrected chi connectivity index (χ2v) is 4.30. The van der Waals surface area contributed by atoms with Crippen LogP contribution in [-0.2, 0) is 0 Å². The number of hydrogen-bond donors (Lipinski definition) is 0. The fourth-order valence-electron chi connectivity index (χ4n) is 1.22. The van der Waals surface area contributed by atoms with Crippen LogP contribution in [0.2, 0.25) is 0 Å². The molecule has 0 spiro atoms. The summed E-state index contributed by atoms with van der Waals surface area (Å²) in [5.74, 6) is -0.170. The Morgan fingerprint density at radius 3 is 2.79 bits per heavy atom. The first-order chi connectivity index (χ1) is 6.68. The van der Waals surface area contributed by atoms with Crippen LogP contribution in [0.1, 0.15) is 20.4 Å². The van der Waals surface area contributed by atoms with E-state index in [9.17, 15) is 4.79 Å². The zero-order chi connectivity index (χ0) is 10.1. The van der Waals surface area contributed by atoms with Crippen LogP contribution in [0, 0.1) is 13.8 Å². The molecule has 0 aliphatic heterocycles. The van der Waals surface area contributed by atoms with Crippen molar-refractivity contribution in [3.63, 3.8) is 0 Å². The molecule has 2 rings (SSSR count). The van der Waals surface area contributed by atoms with Gasteiger partial charge in [0.15, 0.2) is 0 Å². The Hall–Kier alpha value is -1.49. The standard InChI is InChI=1S/C9H9N3OS/c1-6-8(11-7(2)14-6)9(13)12-5-3-4-10-12/h3-5H,1-2H3. The van der Waals surface area contributed by atoms with Crippen LogP contribution in [-0.4, -0.2) is 20.7 Å². The van der Waals surface area contributed by atoms with Gasteiger partial charge in [-0.15, -0.1) is 11.3 Å². The minimum absolute atomic E-state index is 0.170. The summed E-state index contributed by atoms with van der Waals surface area (Å²) in [5.41, 5.74) is 0.496. The van der Waals surface area contributed by atoms with E-state index in [1.54, 1.807) is 18.5 Å². The highest BCUT2D eigenvalue weighted by molar-refractivity contribution is 7.11. The van der Waals surface area contributed by atoms with E-state index in [1.165, 1.54) is 16.0 Å². The quantitative estimate of drug-likeness (QED) is 0.714. The zero-order valence-electron chi connectivity index (χ0n) is 7.89. The lowest BCUT2D eigenvalue weighted by Gasteiger charge is -1.96. The van der Waals surface area contributed by atoms with Gasteiger partial charge in [0, 0.05) is 17.3 Å². The lowest BCUT2D eigenvalue weighted by molar-refractivity contribution is 0.0940. The van der Waals surface area contributed by atoms with Crippen molar-refractivity contribution in [2.45, 2.75) is 13.8 Å². The Labute approximate surface area is 85.2 Å². The molecule has 0 fully saturated rings. The summed E-state index contributed by atoms with van der Waals surface area (Å²) in [6.45, 7) is 3.78. The molecule has 0 saturated heterocycles. The normalized spacial score (nSPS) is 10.4. The van der Waals surface area contributed by atoms with Crippen LogP contribution in [0.15, 0.2) is 18.5 Å². The van der Waals surface area contributed by atoms with Crippen LogP contribution < -0.4 is 0 Å². The molecule has 2 aromatic rings. The van der Waals surface area contributed by atoms with Crippen molar-refractivity contribution in [2.24, 2.45) is 0 Å². The third-order valence-corrected chi connectivity index (χ3v) is 2.70. The van der Waals surface area contributed by atoms with E-state index in [0.29, 0.717) is 5.69 Å². The molecule has 14 heavy (non-hydrogen) atoms. The summed E-state index contributed by atoms with van der Waals surface area (Å²) in [7, 11) is 0. The molecule has 0 bridgehead atoms. The Morgan fingerprint density at radius 2 is 2.29 bits per heavy atom. The smallest absolute Gasteiger partial charge is 0.265 e. The van der Waals surface area contributed by atoms with E-state index in [2.05, 4.69) is 10.1 Å². The summed E-state index contributed by atoms with van der Waals surface area (Å²) in [4.78, 5) is 16.9. The summed E-state index contributed by atoms with van der Waals surface area (Å²) in [6.07, 6.45) is 3.20. The number of aromatic nitrogens is 3. The van der Waals surface area contributed by atoms with Gasteiger partial charge in [-0.3, -0.25) is 4.79 Å². The van der Waals surface area contributed by atoms with Crippen molar-refractivity contribution in [1.29, 1.82) is 0 Å². The van der Waals surface area contributed by atoms with E-state index in [4.69, 9.17) is 0 Å². The van der Waals surface area contributed by atoms with Gasteiger partial charge in [0.1, 0.15) is 5.69 Å². The summed E-state index contributed by atoms with van der Waals surface area (Å²) in [5, 5.41) is 4.78. The maximum atomic E-state index is 11.8. The van der Waals surface area contributed by atoms with E-state index >= 15 is 0 Å².